The Morgan fingerprint density at radius 1 is 1.20 bits per heavy atom. The number of aliphatic hydroxyl groups excluding tert-OH is 3. The molecule has 0 bridgehead atoms. The molecule has 138 valence electrons. The number of carbonyl (C=O) groups excluding carboxylic acids is 2. The van der Waals surface area contributed by atoms with Gasteiger partial charge in [0.25, 0.3) is 0 Å². The second-order valence-electron chi connectivity index (χ2n) is 5.57. The first-order valence-electron chi connectivity index (χ1n) is 7.62. The highest BCUT2D eigenvalue weighted by Crippen LogP contribution is 2.24. The number of hydrogen-bond donors (Lipinski definition) is 4. The maximum absolute atomic E-state index is 11.4. The average Bonchev–Trinajstić information content (AvgIpc) is 2.60. The smallest absolute Gasteiger partial charge is 0.337 e. The van der Waals surface area contributed by atoms with Crippen molar-refractivity contribution < 1.29 is 39.1 Å². The summed E-state index contributed by atoms with van der Waals surface area (Å²) in [7, 11) is 1.27. The fourth-order valence-electron chi connectivity index (χ4n) is 2.49. The molecule has 0 radical (unpaired) electrons. The summed E-state index contributed by atoms with van der Waals surface area (Å²) in [6.07, 6.45) is -5.00. The number of amides is 1. The normalized spacial score (nSPS) is 28.9. The van der Waals surface area contributed by atoms with Crippen molar-refractivity contribution in [2.75, 3.05) is 13.7 Å². The van der Waals surface area contributed by atoms with E-state index >= 15 is 0 Å². The van der Waals surface area contributed by atoms with E-state index in [4.69, 9.17) is 9.47 Å². The van der Waals surface area contributed by atoms with Gasteiger partial charge in [0.1, 0.15) is 30.1 Å². The van der Waals surface area contributed by atoms with E-state index < -0.39 is 49.1 Å². The zero-order valence-electron chi connectivity index (χ0n) is 13.8. The van der Waals surface area contributed by atoms with Gasteiger partial charge in [0.2, 0.25) is 12.2 Å². The van der Waals surface area contributed by atoms with Crippen LogP contribution in [0.15, 0.2) is 24.3 Å². The molecule has 0 saturated carbocycles. The maximum atomic E-state index is 11.4. The third-order valence-electron chi connectivity index (χ3n) is 3.78. The lowest BCUT2D eigenvalue weighted by Gasteiger charge is -2.42. The fraction of sp³-hybridized carbons (Fsp3) is 0.500. The molecule has 9 nitrogen and oxygen atoms in total. The molecule has 9 heteroatoms. The zero-order chi connectivity index (χ0) is 18.6. The van der Waals surface area contributed by atoms with Crippen molar-refractivity contribution in [3.63, 3.8) is 0 Å². The van der Waals surface area contributed by atoms with Crippen molar-refractivity contribution in [3.8, 4) is 5.75 Å². The molecule has 25 heavy (non-hydrogen) atoms. The molecule has 2 rings (SSSR count). The molecule has 4 N–H and O–H groups in total. The van der Waals surface area contributed by atoms with E-state index in [9.17, 15) is 24.9 Å². The molecule has 0 aliphatic carbocycles. The molecular formula is C16H21NO8. The van der Waals surface area contributed by atoms with Crippen LogP contribution < -0.4 is 10.1 Å². The molecular weight excluding hydrogens is 334 g/mol. The van der Waals surface area contributed by atoms with E-state index in [0.29, 0.717) is 11.3 Å². The van der Waals surface area contributed by atoms with Crippen LogP contribution in [0.3, 0.4) is 0 Å². The lowest BCUT2D eigenvalue weighted by molar-refractivity contribution is -0.244. The van der Waals surface area contributed by atoms with E-state index in [2.05, 4.69) is 10.1 Å². The van der Waals surface area contributed by atoms with Crippen LogP contribution in [0, 0.1) is 0 Å². The third kappa shape index (κ3) is 4.45. The maximum Gasteiger partial charge on any atom is 0.337 e. The molecule has 1 heterocycles. The van der Waals surface area contributed by atoms with Gasteiger partial charge in [0.15, 0.2) is 0 Å². The van der Waals surface area contributed by atoms with Gasteiger partial charge in [0.05, 0.1) is 19.3 Å². The Morgan fingerprint density at radius 2 is 1.84 bits per heavy atom. The molecule has 0 spiro atoms. The number of hydrogen-bond acceptors (Lipinski definition) is 8. The van der Waals surface area contributed by atoms with Crippen LogP contribution in [-0.2, 0) is 14.3 Å². The summed E-state index contributed by atoms with van der Waals surface area (Å²) >= 11 is 0. The van der Waals surface area contributed by atoms with Crippen molar-refractivity contribution in [2.45, 2.75) is 37.6 Å². The van der Waals surface area contributed by atoms with Crippen LogP contribution in [-0.4, -0.2) is 71.6 Å². The van der Waals surface area contributed by atoms with Gasteiger partial charge in [-0.1, -0.05) is 0 Å². The van der Waals surface area contributed by atoms with E-state index in [0.717, 1.165) is 0 Å². The molecule has 1 aromatic rings. The number of carbonyl (C=O) groups is 2. The zero-order valence-corrected chi connectivity index (χ0v) is 13.8. The SMILES string of the molecule is COC(=O)c1ccc(O[C@@H]2O[C@@H](CO)[C@@H](O)[C@@H](O)[C@@H]2NC(C)=O)cc1. The number of methoxy groups -OCH3 is 1. The van der Waals surface area contributed by atoms with Gasteiger partial charge in [0, 0.05) is 6.92 Å². The highest BCUT2D eigenvalue weighted by molar-refractivity contribution is 5.89. The lowest BCUT2D eigenvalue weighted by atomic mass is 9.97. The van der Waals surface area contributed by atoms with Crippen LogP contribution in [0.2, 0.25) is 0 Å². The molecule has 0 unspecified atom stereocenters. The minimum Gasteiger partial charge on any atom is -0.465 e. The molecule has 1 saturated heterocycles. The highest BCUT2D eigenvalue weighted by Gasteiger charge is 2.46. The molecule has 1 amide bonds. The topological polar surface area (TPSA) is 135 Å². The van der Waals surface area contributed by atoms with Gasteiger partial charge >= 0.3 is 5.97 Å². The first-order valence-corrected chi connectivity index (χ1v) is 7.62. The fourth-order valence-corrected chi connectivity index (χ4v) is 2.49. The second kappa shape index (κ2) is 8.26. The largest absolute Gasteiger partial charge is 0.465 e. The summed E-state index contributed by atoms with van der Waals surface area (Å²) in [5.41, 5.74) is 0.321. The lowest BCUT2D eigenvalue weighted by Crippen LogP contribution is -2.65. The van der Waals surface area contributed by atoms with Gasteiger partial charge in [-0.3, -0.25) is 4.79 Å². The summed E-state index contributed by atoms with van der Waals surface area (Å²) in [5, 5.41) is 31.9. The Labute approximate surface area is 144 Å². The number of esters is 1. The van der Waals surface area contributed by atoms with E-state index in [-0.39, 0.29) is 0 Å². The van der Waals surface area contributed by atoms with Crippen molar-refractivity contribution in [3.05, 3.63) is 29.8 Å². The van der Waals surface area contributed by atoms with Gasteiger partial charge in [-0.25, -0.2) is 4.79 Å². The van der Waals surface area contributed by atoms with Crippen molar-refractivity contribution in [2.24, 2.45) is 0 Å². The van der Waals surface area contributed by atoms with Crippen LogP contribution in [0.1, 0.15) is 17.3 Å². The minimum atomic E-state index is -1.39. The van der Waals surface area contributed by atoms with Crippen LogP contribution in [0.25, 0.3) is 0 Å². The van der Waals surface area contributed by atoms with Gasteiger partial charge in [-0.05, 0) is 24.3 Å². The predicted molar refractivity (Wildman–Crippen MR) is 83.8 cm³/mol. The monoisotopic (exact) mass is 355 g/mol. The Balaban J connectivity index is 2.17. The Kier molecular flexibility index (Phi) is 6.32. The first kappa shape index (κ1) is 19.1. The minimum absolute atomic E-state index is 0.299. The number of ether oxygens (including phenoxy) is 3. The summed E-state index contributed by atoms with van der Waals surface area (Å²) in [6.45, 7) is 0.714. The van der Waals surface area contributed by atoms with Gasteiger partial charge < -0.3 is 34.8 Å². The quantitative estimate of drug-likeness (QED) is 0.484. The predicted octanol–water partition coefficient (Wildman–Crippen LogP) is -1.20. The Bertz CT molecular complexity index is 605. The summed E-state index contributed by atoms with van der Waals surface area (Å²) < 4.78 is 15.7. The van der Waals surface area contributed by atoms with Crippen LogP contribution in [0.5, 0.6) is 5.75 Å². The summed E-state index contributed by atoms with van der Waals surface area (Å²) in [6, 6.07) is 4.89. The summed E-state index contributed by atoms with van der Waals surface area (Å²) in [4.78, 5) is 22.8. The molecule has 1 aliphatic rings. The van der Waals surface area contributed by atoms with Crippen molar-refractivity contribution in [1.29, 1.82) is 0 Å². The molecule has 1 fully saturated rings. The standard InChI is InChI=1S/C16H21NO8/c1-8(19)17-12-14(21)13(20)11(7-18)25-16(12)24-10-5-3-9(4-6-10)15(22)23-2/h3-6,11-14,16,18,20-21H,7H2,1-2H3,(H,17,19)/t11-,12-,13+,14-,16+/m0/s1. The molecule has 5 atom stereocenters. The van der Waals surface area contributed by atoms with Crippen molar-refractivity contribution >= 4 is 11.9 Å². The third-order valence-corrected chi connectivity index (χ3v) is 3.78. The highest BCUT2D eigenvalue weighted by atomic mass is 16.7. The molecule has 1 aromatic carbocycles. The van der Waals surface area contributed by atoms with Gasteiger partial charge in [-0.15, -0.1) is 0 Å². The van der Waals surface area contributed by atoms with Crippen LogP contribution in [0.4, 0.5) is 0 Å². The Morgan fingerprint density at radius 3 is 2.36 bits per heavy atom. The van der Waals surface area contributed by atoms with Crippen LogP contribution >= 0.6 is 0 Å². The molecule has 1 aliphatic heterocycles. The van der Waals surface area contributed by atoms with E-state index in [1.54, 1.807) is 0 Å². The van der Waals surface area contributed by atoms with Crippen molar-refractivity contribution in [1.82, 2.24) is 5.32 Å². The average molecular weight is 355 g/mol. The van der Waals surface area contributed by atoms with E-state index in [1.165, 1.54) is 38.3 Å². The van der Waals surface area contributed by atoms with Gasteiger partial charge in [-0.2, -0.15) is 0 Å². The summed E-state index contributed by atoms with van der Waals surface area (Å²) in [5.74, 6) is -0.652. The number of aliphatic hydroxyl groups is 3. The second-order valence-corrected chi connectivity index (χ2v) is 5.57. The number of rotatable bonds is 5. The first-order chi connectivity index (χ1) is 11.9. The Hall–Kier alpha value is -2.20. The number of nitrogens with one attached hydrogen (secondary N) is 1. The number of benzene rings is 1. The molecule has 0 aromatic heterocycles. The van der Waals surface area contributed by atoms with E-state index in [1.807, 2.05) is 0 Å².